The number of hydrogen-bond donors (Lipinski definition) is 1. The Morgan fingerprint density at radius 1 is 1.33 bits per heavy atom. The number of halogens is 3. The lowest BCUT2D eigenvalue weighted by molar-refractivity contribution is -0.137. The number of ether oxygens (including phenoxy) is 1. The van der Waals surface area contributed by atoms with Gasteiger partial charge in [0.2, 0.25) is 0 Å². The quantitative estimate of drug-likeness (QED) is 0.844. The molecule has 2 atom stereocenters. The van der Waals surface area contributed by atoms with Gasteiger partial charge < -0.3 is 4.74 Å². The number of hydrogen-bond acceptors (Lipinski definition) is 3. The van der Waals surface area contributed by atoms with E-state index in [0.29, 0.717) is 5.56 Å². The van der Waals surface area contributed by atoms with Crippen LogP contribution in [0.15, 0.2) is 24.3 Å². The van der Waals surface area contributed by atoms with Gasteiger partial charge >= 0.3 is 17.5 Å². The zero-order chi connectivity index (χ0) is 13.8. The van der Waals surface area contributed by atoms with Crippen LogP contribution in [0.1, 0.15) is 17.2 Å². The van der Waals surface area contributed by atoms with Crippen molar-refractivity contribution < 1.29 is 30.9 Å². The molecule has 1 N–H and O–H groups in total. The van der Waals surface area contributed by atoms with Crippen LogP contribution in [0.4, 0.5) is 13.2 Å². The van der Waals surface area contributed by atoms with Crippen molar-refractivity contribution in [3.05, 3.63) is 35.4 Å². The van der Waals surface area contributed by atoms with Gasteiger partial charge in [-0.2, -0.15) is 17.4 Å². The van der Waals surface area contributed by atoms with E-state index >= 15 is 0 Å². The van der Waals surface area contributed by atoms with Crippen LogP contribution in [-0.2, 0) is 26.5 Å². The fraction of sp³-hybridized carbons (Fsp3) is 0.400. The second-order valence-corrected chi connectivity index (χ2v) is 4.00. The van der Waals surface area contributed by atoms with Gasteiger partial charge in [0, 0.05) is 7.11 Å². The molecule has 1 aromatic carbocycles. The van der Waals surface area contributed by atoms with E-state index < -0.39 is 29.2 Å². The van der Waals surface area contributed by atoms with Crippen molar-refractivity contribution in [2.45, 2.75) is 12.3 Å². The Balaban J connectivity index is 2.90. The average Bonchev–Trinajstić information content (AvgIpc) is 2.27. The molecular formula is C10H11F3O4S. The summed E-state index contributed by atoms with van der Waals surface area (Å²) in [5.41, 5.74) is -0.472. The number of methoxy groups -OCH3 is 1. The van der Waals surface area contributed by atoms with Crippen LogP contribution in [0.5, 0.6) is 0 Å². The van der Waals surface area contributed by atoms with E-state index in [2.05, 4.69) is 4.18 Å². The smallest absolute Gasteiger partial charge is 0.382 e. The van der Waals surface area contributed by atoms with Gasteiger partial charge in [-0.05, 0) is 17.7 Å². The first kappa shape index (κ1) is 15.1. The van der Waals surface area contributed by atoms with Crippen LogP contribution in [0.25, 0.3) is 0 Å². The van der Waals surface area contributed by atoms with Gasteiger partial charge in [-0.25, -0.2) is 0 Å². The lowest BCUT2D eigenvalue weighted by Crippen LogP contribution is -2.13. The Kier molecular flexibility index (Phi) is 5.27. The molecule has 0 amide bonds. The van der Waals surface area contributed by atoms with Gasteiger partial charge in [-0.1, -0.05) is 12.1 Å². The van der Waals surface area contributed by atoms with E-state index in [1.807, 2.05) is 0 Å². The van der Waals surface area contributed by atoms with Crippen LogP contribution in [0.2, 0.25) is 0 Å². The Bertz CT molecular complexity index is 405. The molecule has 0 aromatic heterocycles. The normalized spacial score (nSPS) is 15.4. The molecule has 0 heterocycles. The van der Waals surface area contributed by atoms with Crippen molar-refractivity contribution in [2.75, 3.05) is 13.7 Å². The standard InChI is InChI=1S/C10H11F3O4S/c1-16-6-9(17-18(14)15)7-2-4-8(5-3-7)10(11,12)13/h2-5,9H,6H2,1H3,(H,14,15). The van der Waals surface area contributed by atoms with E-state index in [1.165, 1.54) is 19.2 Å². The zero-order valence-corrected chi connectivity index (χ0v) is 10.1. The van der Waals surface area contributed by atoms with Gasteiger partial charge in [0.1, 0.15) is 6.10 Å². The highest BCUT2D eigenvalue weighted by Crippen LogP contribution is 2.30. The minimum atomic E-state index is -4.42. The molecule has 0 saturated heterocycles. The topological polar surface area (TPSA) is 55.8 Å². The van der Waals surface area contributed by atoms with E-state index in [-0.39, 0.29) is 6.61 Å². The SMILES string of the molecule is COCC(OS(=O)O)c1ccc(C(F)(F)F)cc1. The second-order valence-electron chi connectivity index (χ2n) is 3.38. The molecular weight excluding hydrogens is 273 g/mol. The third-order valence-electron chi connectivity index (χ3n) is 2.13. The van der Waals surface area contributed by atoms with Crippen LogP contribution >= 0.6 is 0 Å². The van der Waals surface area contributed by atoms with E-state index in [9.17, 15) is 17.4 Å². The van der Waals surface area contributed by atoms with Crippen molar-refractivity contribution in [1.82, 2.24) is 0 Å². The number of benzene rings is 1. The molecule has 2 unspecified atom stereocenters. The molecule has 0 fully saturated rings. The van der Waals surface area contributed by atoms with E-state index in [0.717, 1.165) is 12.1 Å². The van der Waals surface area contributed by atoms with Gasteiger partial charge in [-0.15, -0.1) is 0 Å². The molecule has 0 aliphatic rings. The van der Waals surface area contributed by atoms with Gasteiger partial charge in [0.05, 0.1) is 12.2 Å². The van der Waals surface area contributed by atoms with Crippen LogP contribution in [0, 0.1) is 0 Å². The summed E-state index contributed by atoms with van der Waals surface area (Å²) in [4.78, 5) is 0. The lowest BCUT2D eigenvalue weighted by Gasteiger charge is -2.15. The molecule has 0 aliphatic carbocycles. The van der Waals surface area contributed by atoms with Crippen molar-refractivity contribution in [1.29, 1.82) is 0 Å². The van der Waals surface area contributed by atoms with Crippen LogP contribution < -0.4 is 0 Å². The Hall–Kier alpha value is -0.960. The Morgan fingerprint density at radius 3 is 2.28 bits per heavy atom. The molecule has 0 bridgehead atoms. The summed E-state index contributed by atoms with van der Waals surface area (Å²) in [6.07, 6.45) is -5.32. The summed E-state index contributed by atoms with van der Waals surface area (Å²) in [6.45, 7) is -0.0440. The summed E-state index contributed by atoms with van der Waals surface area (Å²) in [6, 6.07) is 4.11. The van der Waals surface area contributed by atoms with Crippen molar-refractivity contribution in [3.63, 3.8) is 0 Å². The maximum atomic E-state index is 12.3. The molecule has 8 heteroatoms. The Labute approximate surface area is 104 Å². The summed E-state index contributed by atoms with van der Waals surface area (Å²) >= 11 is -2.52. The highest BCUT2D eigenvalue weighted by Gasteiger charge is 2.30. The number of alkyl halides is 3. The lowest BCUT2D eigenvalue weighted by atomic mass is 10.1. The maximum Gasteiger partial charge on any atom is 0.416 e. The molecule has 102 valence electrons. The molecule has 1 aromatic rings. The van der Waals surface area contributed by atoms with Crippen LogP contribution in [0.3, 0.4) is 0 Å². The zero-order valence-electron chi connectivity index (χ0n) is 9.31. The van der Waals surface area contributed by atoms with Crippen molar-refractivity contribution in [3.8, 4) is 0 Å². The minimum Gasteiger partial charge on any atom is -0.382 e. The Morgan fingerprint density at radius 2 is 1.89 bits per heavy atom. The summed E-state index contributed by atoms with van der Waals surface area (Å²) in [7, 11) is 1.35. The summed E-state index contributed by atoms with van der Waals surface area (Å²) in [5.74, 6) is 0. The van der Waals surface area contributed by atoms with Crippen LogP contribution in [-0.4, -0.2) is 22.5 Å². The average molecular weight is 284 g/mol. The molecule has 0 spiro atoms. The molecule has 0 radical (unpaired) electrons. The van der Waals surface area contributed by atoms with Gasteiger partial charge in [0.25, 0.3) is 0 Å². The van der Waals surface area contributed by atoms with E-state index in [1.54, 1.807) is 0 Å². The molecule has 18 heavy (non-hydrogen) atoms. The third kappa shape index (κ3) is 4.37. The molecule has 1 rings (SSSR count). The second kappa shape index (κ2) is 6.28. The fourth-order valence-corrected chi connectivity index (χ4v) is 1.68. The summed E-state index contributed by atoms with van der Waals surface area (Å²) in [5, 5.41) is 0. The largest absolute Gasteiger partial charge is 0.416 e. The number of rotatable bonds is 5. The predicted octanol–water partition coefficient (Wildman–Crippen LogP) is 2.55. The van der Waals surface area contributed by atoms with Crippen molar-refractivity contribution >= 4 is 11.4 Å². The first-order chi connectivity index (χ1) is 8.34. The molecule has 0 saturated carbocycles. The first-order valence-electron chi connectivity index (χ1n) is 4.78. The molecule has 4 nitrogen and oxygen atoms in total. The molecule has 0 aliphatic heterocycles. The highest BCUT2D eigenvalue weighted by atomic mass is 32.2. The third-order valence-corrected chi connectivity index (χ3v) is 2.52. The van der Waals surface area contributed by atoms with E-state index in [4.69, 9.17) is 9.29 Å². The predicted molar refractivity (Wildman–Crippen MR) is 57.9 cm³/mol. The van der Waals surface area contributed by atoms with Gasteiger partial charge in [-0.3, -0.25) is 8.74 Å². The maximum absolute atomic E-state index is 12.3. The van der Waals surface area contributed by atoms with Crippen molar-refractivity contribution in [2.24, 2.45) is 0 Å². The summed E-state index contributed by atoms with van der Waals surface area (Å²) < 4.78 is 65.5. The highest BCUT2D eigenvalue weighted by molar-refractivity contribution is 7.74. The fourth-order valence-electron chi connectivity index (χ4n) is 1.32. The first-order valence-corrected chi connectivity index (χ1v) is 5.82. The monoisotopic (exact) mass is 284 g/mol. The van der Waals surface area contributed by atoms with Gasteiger partial charge in [0.15, 0.2) is 0 Å². The minimum absolute atomic E-state index is 0.0440.